The van der Waals surface area contributed by atoms with Crippen LogP contribution in [0.25, 0.3) is 0 Å². The summed E-state index contributed by atoms with van der Waals surface area (Å²) in [7, 11) is 0. The molecular weight excluding hydrogens is 222 g/mol. The second-order valence-electron chi connectivity index (χ2n) is 6.47. The minimum absolute atomic E-state index is 0.775. The van der Waals surface area contributed by atoms with Crippen molar-refractivity contribution < 1.29 is 0 Å². The third-order valence-electron chi connectivity index (χ3n) is 4.77. The average molecular weight is 251 g/mol. The van der Waals surface area contributed by atoms with Crippen molar-refractivity contribution in [3.63, 3.8) is 0 Å². The molecule has 0 spiro atoms. The van der Waals surface area contributed by atoms with E-state index in [2.05, 4.69) is 22.0 Å². The molecule has 1 unspecified atom stereocenters. The summed E-state index contributed by atoms with van der Waals surface area (Å²) < 4.78 is 0. The molecule has 3 rings (SSSR count). The highest BCUT2D eigenvalue weighted by Gasteiger charge is 2.34. The van der Waals surface area contributed by atoms with Gasteiger partial charge in [-0.2, -0.15) is 0 Å². The van der Waals surface area contributed by atoms with E-state index in [-0.39, 0.29) is 0 Å². The number of piperazine rings is 1. The average Bonchev–Trinajstić information content (AvgIpc) is 3.28. The summed E-state index contributed by atoms with van der Waals surface area (Å²) in [4.78, 5) is 5.41. The first-order valence-corrected chi connectivity index (χ1v) is 8.06. The van der Waals surface area contributed by atoms with Crippen LogP contribution < -0.4 is 5.32 Å². The zero-order valence-electron chi connectivity index (χ0n) is 11.9. The van der Waals surface area contributed by atoms with E-state index in [1.54, 1.807) is 0 Å². The van der Waals surface area contributed by atoms with Gasteiger partial charge in [-0.3, -0.25) is 9.80 Å². The van der Waals surface area contributed by atoms with Crippen LogP contribution in [0.2, 0.25) is 0 Å². The zero-order valence-corrected chi connectivity index (χ0v) is 11.9. The van der Waals surface area contributed by atoms with E-state index in [0.717, 1.165) is 18.0 Å². The number of hydrogen-bond acceptors (Lipinski definition) is 3. The molecule has 0 aromatic rings. The Labute approximate surface area is 112 Å². The number of nitrogens with one attached hydrogen (secondary N) is 1. The lowest BCUT2D eigenvalue weighted by atomic mass is 10.1. The molecule has 3 nitrogen and oxygen atoms in total. The molecule has 104 valence electrons. The van der Waals surface area contributed by atoms with Crippen LogP contribution in [0.3, 0.4) is 0 Å². The van der Waals surface area contributed by atoms with Gasteiger partial charge in [0.25, 0.3) is 0 Å². The SMILES string of the molecule is CCCNC(CN1CCN(C2CC2)CC1)C1CC1. The fourth-order valence-electron chi connectivity index (χ4n) is 3.24. The van der Waals surface area contributed by atoms with Crippen LogP contribution in [0.15, 0.2) is 0 Å². The Morgan fingerprint density at radius 2 is 1.78 bits per heavy atom. The van der Waals surface area contributed by atoms with Gasteiger partial charge in [-0.05, 0) is 44.6 Å². The molecule has 3 heteroatoms. The lowest BCUT2D eigenvalue weighted by molar-refractivity contribution is 0.115. The molecule has 1 heterocycles. The predicted octanol–water partition coefficient (Wildman–Crippen LogP) is 1.54. The summed E-state index contributed by atoms with van der Waals surface area (Å²) in [5, 5.41) is 3.77. The van der Waals surface area contributed by atoms with Gasteiger partial charge in [0, 0.05) is 44.8 Å². The van der Waals surface area contributed by atoms with Crippen molar-refractivity contribution in [2.24, 2.45) is 5.92 Å². The molecule has 1 atom stereocenters. The Balaban J connectivity index is 1.40. The molecular formula is C15H29N3. The summed E-state index contributed by atoms with van der Waals surface area (Å²) in [5.41, 5.74) is 0. The van der Waals surface area contributed by atoms with E-state index in [1.807, 2.05) is 0 Å². The molecule has 0 bridgehead atoms. The number of rotatable bonds is 7. The maximum absolute atomic E-state index is 3.77. The molecule has 2 aliphatic carbocycles. The summed E-state index contributed by atoms with van der Waals surface area (Å²) in [6.45, 7) is 9.99. The summed E-state index contributed by atoms with van der Waals surface area (Å²) in [5.74, 6) is 0.984. The monoisotopic (exact) mass is 251 g/mol. The predicted molar refractivity (Wildman–Crippen MR) is 75.8 cm³/mol. The molecule has 3 fully saturated rings. The third-order valence-corrected chi connectivity index (χ3v) is 4.77. The van der Waals surface area contributed by atoms with Crippen molar-refractivity contribution in [3.8, 4) is 0 Å². The van der Waals surface area contributed by atoms with Gasteiger partial charge in [-0.15, -0.1) is 0 Å². The molecule has 0 aromatic heterocycles. The largest absolute Gasteiger partial charge is 0.312 e. The quantitative estimate of drug-likeness (QED) is 0.740. The van der Waals surface area contributed by atoms with Crippen molar-refractivity contribution in [2.75, 3.05) is 39.3 Å². The molecule has 1 saturated heterocycles. The Morgan fingerprint density at radius 1 is 1.06 bits per heavy atom. The Morgan fingerprint density at radius 3 is 2.33 bits per heavy atom. The fourth-order valence-corrected chi connectivity index (χ4v) is 3.24. The van der Waals surface area contributed by atoms with E-state index in [1.165, 1.54) is 71.4 Å². The molecule has 0 amide bonds. The Bertz CT molecular complexity index is 252. The molecule has 0 aromatic carbocycles. The number of hydrogen-bond donors (Lipinski definition) is 1. The summed E-state index contributed by atoms with van der Waals surface area (Å²) >= 11 is 0. The van der Waals surface area contributed by atoms with Gasteiger partial charge in [-0.25, -0.2) is 0 Å². The van der Waals surface area contributed by atoms with E-state index < -0.39 is 0 Å². The molecule has 1 aliphatic heterocycles. The zero-order chi connectivity index (χ0) is 12.4. The van der Waals surface area contributed by atoms with Crippen LogP contribution in [0, 0.1) is 5.92 Å². The molecule has 18 heavy (non-hydrogen) atoms. The third kappa shape index (κ3) is 3.46. The Kier molecular flexibility index (Phi) is 4.22. The normalized spacial score (nSPS) is 28.5. The van der Waals surface area contributed by atoms with Crippen molar-refractivity contribution in [2.45, 2.75) is 51.1 Å². The van der Waals surface area contributed by atoms with Gasteiger partial charge in [0.1, 0.15) is 0 Å². The van der Waals surface area contributed by atoms with Gasteiger partial charge in [0.15, 0.2) is 0 Å². The molecule has 1 N–H and O–H groups in total. The van der Waals surface area contributed by atoms with Crippen molar-refractivity contribution >= 4 is 0 Å². The smallest absolute Gasteiger partial charge is 0.0223 e. The number of nitrogens with zero attached hydrogens (tertiary/aromatic N) is 2. The first kappa shape index (κ1) is 12.9. The summed E-state index contributed by atoms with van der Waals surface area (Å²) in [6.07, 6.45) is 7.11. The van der Waals surface area contributed by atoms with Gasteiger partial charge < -0.3 is 5.32 Å². The van der Waals surface area contributed by atoms with Crippen molar-refractivity contribution in [3.05, 3.63) is 0 Å². The molecule has 3 aliphatic rings. The highest BCUT2D eigenvalue weighted by atomic mass is 15.3. The van der Waals surface area contributed by atoms with Crippen molar-refractivity contribution in [1.29, 1.82) is 0 Å². The first-order chi connectivity index (χ1) is 8.86. The van der Waals surface area contributed by atoms with Crippen LogP contribution in [0.4, 0.5) is 0 Å². The fraction of sp³-hybridized carbons (Fsp3) is 1.00. The van der Waals surface area contributed by atoms with Crippen LogP contribution in [0.5, 0.6) is 0 Å². The molecule has 0 radical (unpaired) electrons. The Hall–Kier alpha value is -0.120. The summed E-state index contributed by atoms with van der Waals surface area (Å²) in [6, 6.07) is 1.74. The van der Waals surface area contributed by atoms with E-state index >= 15 is 0 Å². The topological polar surface area (TPSA) is 18.5 Å². The lowest BCUT2D eigenvalue weighted by Crippen LogP contribution is -2.51. The lowest BCUT2D eigenvalue weighted by Gasteiger charge is -2.36. The minimum atomic E-state index is 0.775. The second-order valence-corrected chi connectivity index (χ2v) is 6.47. The van der Waals surface area contributed by atoms with Crippen LogP contribution >= 0.6 is 0 Å². The maximum atomic E-state index is 3.77. The highest BCUT2D eigenvalue weighted by molar-refractivity contribution is 4.91. The second kappa shape index (κ2) is 5.89. The molecule has 2 saturated carbocycles. The van der Waals surface area contributed by atoms with Crippen LogP contribution in [-0.4, -0.2) is 61.2 Å². The van der Waals surface area contributed by atoms with Gasteiger partial charge >= 0.3 is 0 Å². The van der Waals surface area contributed by atoms with Crippen LogP contribution in [-0.2, 0) is 0 Å². The van der Waals surface area contributed by atoms with Gasteiger partial charge in [0.2, 0.25) is 0 Å². The van der Waals surface area contributed by atoms with E-state index in [4.69, 9.17) is 0 Å². The standard InChI is InChI=1S/C15H29N3/c1-2-7-16-15(13-3-4-13)12-17-8-10-18(11-9-17)14-5-6-14/h13-16H,2-12H2,1H3. The highest BCUT2D eigenvalue weighted by Crippen LogP contribution is 2.33. The first-order valence-electron chi connectivity index (χ1n) is 8.06. The van der Waals surface area contributed by atoms with E-state index in [9.17, 15) is 0 Å². The van der Waals surface area contributed by atoms with Gasteiger partial charge in [-0.1, -0.05) is 6.92 Å². The van der Waals surface area contributed by atoms with Gasteiger partial charge in [0.05, 0.1) is 0 Å². The van der Waals surface area contributed by atoms with Crippen LogP contribution in [0.1, 0.15) is 39.0 Å². The maximum Gasteiger partial charge on any atom is 0.0223 e. The van der Waals surface area contributed by atoms with E-state index in [0.29, 0.717) is 0 Å². The minimum Gasteiger partial charge on any atom is -0.312 e. The van der Waals surface area contributed by atoms with Crippen molar-refractivity contribution in [1.82, 2.24) is 15.1 Å².